The van der Waals surface area contributed by atoms with E-state index in [2.05, 4.69) is 15.8 Å². The number of nitrogens with zero attached hydrogens (tertiary/aromatic N) is 2. The van der Waals surface area contributed by atoms with E-state index >= 15 is 0 Å². The number of thiazole rings is 1. The van der Waals surface area contributed by atoms with E-state index < -0.39 is 0 Å². The first-order valence-electron chi connectivity index (χ1n) is 8.71. The number of amides is 1. The van der Waals surface area contributed by atoms with Crippen LogP contribution in [0.1, 0.15) is 6.92 Å². The lowest BCUT2D eigenvalue weighted by Gasteiger charge is -2.06. The summed E-state index contributed by atoms with van der Waals surface area (Å²) in [6, 6.07) is 15.3. The van der Waals surface area contributed by atoms with Gasteiger partial charge in [0, 0.05) is 12.3 Å². The summed E-state index contributed by atoms with van der Waals surface area (Å²) in [5, 5.41) is 0. The molecule has 2 aromatic carbocycles. The maximum absolute atomic E-state index is 12.3. The highest BCUT2D eigenvalue weighted by Crippen LogP contribution is 2.23. The summed E-state index contributed by atoms with van der Waals surface area (Å²) in [5.41, 5.74) is 1.06. The summed E-state index contributed by atoms with van der Waals surface area (Å²) in [6.07, 6.45) is 2.07. The van der Waals surface area contributed by atoms with E-state index in [0.29, 0.717) is 17.2 Å². The fourth-order valence-corrected chi connectivity index (χ4v) is 4.06. The average molecular weight is 403 g/mol. The second-order valence-corrected chi connectivity index (χ2v) is 7.69. The van der Waals surface area contributed by atoms with E-state index in [0.717, 1.165) is 28.3 Å². The molecule has 27 heavy (non-hydrogen) atoms. The first-order chi connectivity index (χ1) is 13.2. The van der Waals surface area contributed by atoms with Crippen LogP contribution in [0.25, 0.3) is 10.2 Å². The number of aryl methyl sites for hydroxylation is 1. The molecule has 5 nitrogen and oxygen atoms in total. The topological polar surface area (TPSA) is 52.8 Å². The van der Waals surface area contributed by atoms with Crippen LogP contribution < -0.4 is 14.3 Å². The molecule has 0 unspecified atom stereocenters. The van der Waals surface area contributed by atoms with Gasteiger partial charge in [-0.1, -0.05) is 29.5 Å². The number of rotatable bonds is 8. The van der Waals surface area contributed by atoms with Crippen molar-refractivity contribution in [3.05, 3.63) is 53.3 Å². The Bertz CT molecular complexity index is 964. The summed E-state index contributed by atoms with van der Waals surface area (Å²) in [5.74, 6) is 2.14. The Morgan fingerprint density at radius 1 is 1.15 bits per heavy atom. The van der Waals surface area contributed by atoms with Crippen molar-refractivity contribution in [2.45, 2.75) is 13.5 Å². The average Bonchev–Trinajstić information content (AvgIpc) is 3.02. The van der Waals surface area contributed by atoms with Gasteiger partial charge in [-0.3, -0.25) is 4.79 Å². The van der Waals surface area contributed by atoms with E-state index in [1.165, 1.54) is 11.3 Å². The van der Waals surface area contributed by atoms with E-state index in [9.17, 15) is 4.79 Å². The Morgan fingerprint density at radius 3 is 2.70 bits per heavy atom. The number of carbonyl (C=O) groups excluding carboxylic acids is 1. The molecule has 0 aliphatic rings. The minimum Gasteiger partial charge on any atom is -0.494 e. The lowest BCUT2D eigenvalue weighted by atomic mass is 10.3. The fraction of sp³-hybridized carbons (Fsp3) is 0.300. The Kier molecular flexibility index (Phi) is 6.95. The lowest BCUT2D eigenvalue weighted by molar-refractivity contribution is -0.120. The van der Waals surface area contributed by atoms with Gasteiger partial charge in [0.05, 0.1) is 16.8 Å². The fourth-order valence-electron chi connectivity index (χ4n) is 2.59. The number of ether oxygens (including phenoxy) is 2. The molecule has 0 radical (unpaired) electrons. The smallest absolute Gasteiger partial charge is 0.286 e. The van der Waals surface area contributed by atoms with Crippen LogP contribution in [0.3, 0.4) is 0 Å². The van der Waals surface area contributed by atoms with E-state index in [4.69, 9.17) is 9.47 Å². The third kappa shape index (κ3) is 5.14. The molecule has 1 amide bonds. The largest absolute Gasteiger partial charge is 0.494 e. The number of hydrogen-bond donors (Lipinski definition) is 0. The van der Waals surface area contributed by atoms with Crippen molar-refractivity contribution < 1.29 is 14.3 Å². The van der Waals surface area contributed by atoms with Crippen LogP contribution in [0.15, 0.2) is 53.5 Å². The van der Waals surface area contributed by atoms with Crippen LogP contribution >= 0.6 is 23.1 Å². The zero-order valence-electron chi connectivity index (χ0n) is 15.4. The van der Waals surface area contributed by atoms with Gasteiger partial charge in [-0.15, -0.1) is 0 Å². The molecule has 0 aliphatic carbocycles. The number of aromatic nitrogens is 1. The van der Waals surface area contributed by atoms with Gasteiger partial charge >= 0.3 is 0 Å². The molecule has 0 bridgehead atoms. The highest BCUT2D eigenvalue weighted by Gasteiger charge is 2.09. The first kappa shape index (κ1) is 19.5. The summed E-state index contributed by atoms with van der Waals surface area (Å²) in [7, 11) is 0. The molecule has 7 heteroatoms. The van der Waals surface area contributed by atoms with Crippen molar-refractivity contribution in [1.29, 1.82) is 0 Å². The van der Waals surface area contributed by atoms with Crippen molar-refractivity contribution in [2.24, 2.45) is 4.99 Å². The van der Waals surface area contributed by atoms with Gasteiger partial charge in [0.2, 0.25) is 0 Å². The Labute approximate surface area is 166 Å². The Morgan fingerprint density at radius 2 is 1.96 bits per heavy atom. The monoisotopic (exact) mass is 402 g/mol. The summed E-state index contributed by atoms with van der Waals surface area (Å²) in [4.78, 5) is 17.3. The van der Waals surface area contributed by atoms with Crippen LogP contribution in [0.4, 0.5) is 0 Å². The summed E-state index contributed by atoms with van der Waals surface area (Å²) < 4.78 is 14.2. The predicted molar refractivity (Wildman–Crippen MR) is 112 cm³/mol. The zero-order valence-corrected chi connectivity index (χ0v) is 17.0. The number of carbonyl (C=O) groups is 1. The van der Waals surface area contributed by atoms with Crippen LogP contribution in [-0.4, -0.2) is 35.7 Å². The third-order valence-electron chi connectivity index (χ3n) is 3.81. The van der Waals surface area contributed by atoms with Crippen LogP contribution in [0.5, 0.6) is 11.5 Å². The molecule has 0 N–H and O–H groups in total. The van der Waals surface area contributed by atoms with Gasteiger partial charge in [0.1, 0.15) is 11.5 Å². The predicted octanol–water partition coefficient (Wildman–Crippen LogP) is 3.97. The van der Waals surface area contributed by atoms with Crippen LogP contribution in [-0.2, 0) is 11.3 Å². The number of para-hydroxylation sites is 1. The van der Waals surface area contributed by atoms with Gasteiger partial charge < -0.3 is 14.0 Å². The van der Waals surface area contributed by atoms with Crippen molar-refractivity contribution in [3.8, 4) is 11.5 Å². The quantitative estimate of drug-likeness (QED) is 0.572. The number of fused-ring (bicyclic) bond motifs is 1. The molecule has 0 saturated carbocycles. The van der Waals surface area contributed by atoms with E-state index in [1.807, 2.05) is 55.5 Å². The number of benzene rings is 2. The molecule has 0 saturated heterocycles. The summed E-state index contributed by atoms with van der Waals surface area (Å²) >= 11 is 3.26. The summed E-state index contributed by atoms with van der Waals surface area (Å²) in [6.45, 7) is 3.30. The molecule has 0 fully saturated rings. The van der Waals surface area contributed by atoms with Gasteiger partial charge in [-0.05, 0) is 43.5 Å². The first-order valence-corrected chi connectivity index (χ1v) is 10.9. The van der Waals surface area contributed by atoms with Gasteiger partial charge in [-0.2, -0.15) is 16.8 Å². The third-order valence-corrected chi connectivity index (χ3v) is 5.44. The van der Waals surface area contributed by atoms with Crippen molar-refractivity contribution >= 4 is 39.2 Å². The highest BCUT2D eigenvalue weighted by molar-refractivity contribution is 7.98. The normalized spacial score (nSPS) is 11.7. The molecule has 0 spiro atoms. The maximum Gasteiger partial charge on any atom is 0.286 e. The number of thioether (sulfide) groups is 1. The molecule has 3 aromatic rings. The van der Waals surface area contributed by atoms with Gasteiger partial charge in [-0.25, -0.2) is 0 Å². The minimum atomic E-state index is -0.298. The van der Waals surface area contributed by atoms with Crippen LogP contribution in [0, 0.1) is 0 Å². The maximum atomic E-state index is 12.3. The van der Waals surface area contributed by atoms with Gasteiger partial charge in [0.15, 0.2) is 11.4 Å². The van der Waals surface area contributed by atoms with E-state index in [-0.39, 0.29) is 12.5 Å². The number of hydrogen-bond acceptors (Lipinski definition) is 5. The minimum absolute atomic E-state index is 0.0784. The van der Waals surface area contributed by atoms with Crippen molar-refractivity contribution in [1.82, 2.24) is 4.57 Å². The molecular formula is C20H22N2O3S2. The molecule has 0 aliphatic heterocycles. The molecule has 1 heterocycles. The lowest BCUT2D eigenvalue weighted by Crippen LogP contribution is -2.20. The standard InChI is InChI=1S/C20H22N2O3S2/c1-3-24-16-9-10-17-18(13-16)27-20(22(17)11-12-26-2)21-19(23)14-25-15-7-5-4-6-8-15/h4-10,13H,3,11-12,14H2,1-2H3. The molecule has 1 aromatic heterocycles. The Balaban J connectivity index is 1.88. The SMILES string of the molecule is CCOc1ccc2c(c1)sc(=NC(=O)COc1ccccc1)n2CCSC. The van der Waals surface area contributed by atoms with Crippen molar-refractivity contribution in [3.63, 3.8) is 0 Å². The van der Waals surface area contributed by atoms with Crippen molar-refractivity contribution in [2.75, 3.05) is 25.2 Å². The molecule has 0 atom stereocenters. The molecule has 142 valence electrons. The zero-order chi connectivity index (χ0) is 19.1. The second kappa shape index (κ2) is 9.62. The molecular weight excluding hydrogens is 380 g/mol. The highest BCUT2D eigenvalue weighted by atomic mass is 32.2. The molecule has 3 rings (SSSR count). The second-order valence-electron chi connectivity index (χ2n) is 5.70. The van der Waals surface area contributed by atoms with Gasteiger partial charge in [0.25, 0.3) is 5.91 Å². The Hall–Kier alpha value is -2.25. The van der Waals surface area contributed by atoms with Crippen LogP contribution in [0.2, 0.25) is 0 Å². The van der Waals surface area contributed by atoms with E-state index in [1.54, 1.807) is 11.8 Å².